The molecule has 2 atom stereocenters. The van der Waals surface area contributed by atoms with Crippen LogP contribution >= 0.6 is 0 Å². The molecule has 1 aromatic carbocycles. The molecule has 1 saturated carbocycles. The molecule has 4 N–H and O–H groups in total. The number of nitrogens with one attached hydrogen (secondary N) is 3. The number of phenols is 1. The average molecular weight is 446 g/mol. The van der Waals surface area contributed by atoms with Gasteiger partial charge in [-0.2, -0.15) is 0 Å². The van der Waals surface area contributed by atoms with Crippen molar-refractivity contribution in [3.63, 3.8) is 0 Å². The summed E-state index contributed by atoms with van der Waals surface area (Å²) in [4.78, 5) is 39.5. The first kappa shape index (κ1) is 23.4. The van der Waals surface area contributed by atoms with Gasteiger partial charge in [-0.25, -0.2) is 0 Å². The number of H-pyrrole nitrogens is 1. The Labute approximate surface area is 186 Å². The minimum atomic E-state index is -0.530. The summed E-state index contributed by atoms with van der Waals surface area (Å²) in [6, 6.07) is 4.59. The number of ether oxygens (including phenoxy) is 1. The molecule has 1 fully saturated rings. The highest BCUT2D eigenvalue weighted by molar-refractivity contribution is 5.98. The third kappa shape index (κ3) is 4.80. The third-order valence-corrected chi connectivity index (χ3v) is 5.82. The van der Waals surface area contributed by atoms with Crippen molar-refractivity contribution in [1.29, 1.82) is 0 Å². The quantitative estimate of drug-likeness (QED) is 0.479. The van der Waals surface area contributed by atoms with Crippen LogP contribution in [0.4, 0.5) is 17.1 Å². The van der Waals surface area contributed by atoms with E-state index in [2.05, 4.69) is 15.7 Å². The van der Waals surface area contributed by atoms with Gasteiger partial charge >= 0.3 is 0 Å². The highest BCUT2D eigenvalue weighted by atomic mass is 16.5. The van der Waals surface area contributed by atoms with E-state index in [1.807, 2.05) is 0 Å². The molecule has 0 radical (unpaired) electrons. The Hall–Kier alpha value is -3.27. The maximum atomic E-state index is 13.0. The Morgan fingerprint density at radius 2 is 1.97 bits per heavy atom. The summed E-state index contributed by atoms with van der Waals surface area (Å²) in [5.41, 5.74) is -0.599. The summed E-state index contributed by atoms with van der Waals surface area (Å²) in [5.74, 6) is -0.473. The Bertz CT molecular complexity index is 1090. The lowest BCUT2D eigenvalue weighted by atomic mass is 9.85. The molecule has 2 aromatic rings. The smallest absolute Gasteiger partial charge is 0.290 e. The molecular weight excluding hydrogens is 414 g/mol. The summed E-state index contributed by atoms with van der Waals surface area (Å²) in [6.07, 6.45) is 3.92. The van der Waals surface area contributed by atoms with Crippen LogP contribution in [-0.4, -0.2) is 59.5 Å². The number of phenolic OH excluding ortho intramolecular Hbond substituents is 1. The number of aromatic nitrogens is 2. The fourth-order valence-corrected chi connectivity index (χ4v) is 4.09. The van der Waals surface area contributed by atoms with Crippen molar-refractivity contribution in [3.8, 4) is 5.75 Å². The van der Waals surface area contributed by atoms with Gasteiger partial charge in [0.05, 0.1) is 17.9 Å². The van der Waals surface area contributed by atoms with Crippen LogP contribution in [0.3, 0.4) is 0 Å². The number of para-hydroxylation sites is 1. The zero-order chi connectivity index (χ0) is 23.4. The lowest BCUT2D eigenvalue weighted by Gasteiger charge is -2.32. The first-order valence-electron chi connectivity index (χ1n) is 10.6. The number of anilines is 3. The molecule has 0 unspecified atom stereocenters. The lowest BCUT2D eigenvalue weighted by molar-refractivity contribution is 0.0824. The molecule has 32 heavy (non-hydrogen) atoms. The molecule has 174 valence electrons. The van der Waals surface area contributed by atoms with E-state index in [1.165, 1.54) is 24.1 Å². The van der Waals surface area contributed by atoms with Crippen molar-refractivity contribution < 1.29 is 14.6 Å². The van der Waals surface area contributed by atoms with Gasteiger partial charge < -0.3 is 25.4 Å². The minimum absolute atomic E-state index is 0.0143. The number of rotatable bonds is 7. The summed E-state index contributed by atoms with van der Waals surface area (Å²) in [6.45, 7) is 0.555. The maximum Gasteiger partial charge on any atom is 0.290 e. The van der Waals surface area contributed by atoms with Gasteiger partial charge in [-0.3, -0.25) is 24.2 Å². The third-order valence-electron chi connectivity index (χ3n) is 5.82. The van der Waals surface area contributed by atoms with Crippen molar-refractivity contribution >= 4 is 23.0 Å². The van der Waals surface area contributed by atoms with Crippen LogP contribution in [0.5, 0.6) is 5.75 Å². The van der Waals surface area contributed by atoms with Gasteiger partial charge in [-0.15, -0.1) is 0 Å². The predicted molar refractivity (Wildman–Crippen MR) is 123 cm³/mol. The average Bonchev–Trinajstić information content (AvgIpc) is 2.76. The van der Waals surface area contributed by atoms with Crippen LogP contribution < -0.4 is 21.8 Å². The number of carbonyl (C=O) groups is 1. The number of benzene rings is 1. The molecule has 0 spiro atoms. The predicted octanol–water partition coefficient (Wildman–Crippen LogP) is 1.84. The first-order valence-corrected chi connectivity index (χ1v) is 10.6. The molecule has 1 aliphatic rings. The largest absolute Gasteiger partial charge is 0.505 e. The van der Waals surface area contributed by atoms with Gasteiger partial charge in [0.2, 0.25) is 0 Å². The molecule has 3 rings (SSSR count). The molecule has 0 bridgehead atoms. The zero-order valence-electron chi connectivity index (χ0n) is 18.9. The molecular formula is C22H31N5O5. The van der Waals surface area contributed by atoms with E-state index in [9.17, 15) is 19.5 Å². The molecule has 1 aromatic heterocycles. The van der Waals surface area contributed by atoms with Crippen molar-refractivity contribution in [2.45, 2.75) is 31.7 Å². The van der Waals surface area contributed by atoms with Gasteiger partial charge in [0, 0.05) is 40.2 Å². The van der Waals surface area contributed by atoms with Crippen molar-refractivity contribution in [1.82, 2.24) is 14.7 Å². The van der Waals surface area contributed by atoms with Gasteiger partial charge in [-0.1, -0.05) is 18.9 Å². The SMILES string of the molecule is COC[C@H]1CCCC[C@@H]1Nc1c(Nc2cccc(C(=O)N(C)C)c2O)c(=O)[nH]n(C)c1=O. The van der Waals surface area contributed by atoms with Crippen LogP contribution in [0.1, 0.15) is 36.0 Å². The van der Waals surface area contributed by atoms with Crippen LogP contribution in [0.25, 0.3) is 0 Å². The standard InChI is InChI=1S/C22H31N5O5/c1-26(2)21(30)14-9-7-11-16(19(14)28)24-17-18(22(31)27(3)25-20(17)29)23-15-10-6-5-8-13(15)12-32-4/h7,9,11,13,15,23-24,28H,5-6,8,10,12H2,1-4H3,(H,25,29)/t13-,15+/m1/s1. The molecule has 10 heteroatoms. The molecule has 10 nitrogen and oxygen atoms in total. The minimum Gasteiger partial charge on any atom is -0.505 e. The normalized spacial score (nSPS) is 18.2. The summed E-state index contributed by atoms with van der Waals surface area (Å²) in [5, 5.41) is 19.3. The number of carbonyl (C=O) groups excluding carboxylic acids is 1. The van der Waals surface area contributed by atoms with Crippen molar-refractivity contribution in [2.24, 2.45) is 13.0 Å². The second-order valence-corrected chi connectivity index (χ2v) is 8.33. The summed E-state index contributed by atoms with van der Waals surface area (Å²) >= 11 is 0. The maximum absolute atomic E-state index is 13.0. The van der Waals surface area contributed by atoms with Gasteiger partial charge in [0.1, 0.15) is 11.4 Å². The van der Waals surface area contributed by atoms with E-state index in [0.29, 0.717) is 6.61 Å². The van der Waals surface area contributed by atoms with Crippen LogP contribution in [0.2, 0.25) is 0 Å². The number of aryl methyl sites for hydroxylation is 1. The van der Waals surface area contributed by atoms with Crippen LogP contribution in [-0.2, 0) is 11.8 Å². The van der Waals surface area contributed by atoms with Gasteiger partial charge in [0.15, 0.2) is 5.75 Å². The first-order chi connectivity index (χ1) is 15.2. The number of amides is 1. The van der Waals surface area contributed by atoms with Gasteiger partial charge in [0.25, 0.3) is 17.0 Å². The number of hydrogen-bond acceptors (Lipinski definition) is 7. The topological polar surface area (TPSA) is 129 Å². The van der Waals surface area contributed by atoms with Crippen molar-refractivity contribution in [2.75, 3.05) is 38.4 Å². The van der Waals surface area contributed by atoms with Crippen molar-refractivity contribution in [3.05, 3.63) is 44.5 Å². The highest BCUT2D eigenvalue weighted by Crippen LogP contribution is 2.33. The molecule has 1 heterocycles. The Balaban J connectivity index is 2.02. The second-order valence-electron chi connectivity index (χ2n) is 8.33. The van der Waals surface area contributed by atoms with Crippen LogP contribution in [0, 0.1) is 5.92 Å². The molecule has 0 aliphatic heterocycles. The number of aromatic amines is 1. The lowest BCUT2D eigenvalue weighted by Crippen LogP contribution is -2.39. The molecule has 1 amide bonds. The number of methoxy groups -OCH3 is 1. The monoisotopic (exact) mass is 445 g/mol. The van der Waals surface area contributed by atoms with E-state index in [-0.39, 0.29) is 46.2 Å². The summed E-state index contributed by atoms with van der Waals surface area (Å²) in [7, 11) is 6.28. The fraction of sp³-hybridized carbons (Fsp3) is 0.500. The Morgan fingerprint density at radius 1 is 1.25 bits per heavy atom. The highest BCUT2D eigenvalue weighted by Gasteiger charge is 2.28. The van der Waals surface area contributed by atoms with E-state index in [0.717, 1.165) is 30.4 Å². The Morgan fingerprint density at radius 3 is 2.66 bits per heavy atom. The van der Waals surface area contributed by atoms with E-state index < -0.39 is 11.1 Å². The Kier molecular flexibility index (Phi) is 7.24. The van der Waals surface area contributed by atoms with E-state index in [1.54, 1.807) is 27.3 Å². The second kappa shape index (κ2) is 9.90. The van der Waals surface area contributed by atoms with Gasteiger partial charge in [-0.05, 0) is 25.0 Å². The number of hydrogen-bond donors (Lipinski definition) is 4. The zero-order valence-corrected chi connectivity index (χ0v) is 18.9. The van der Waals surface area contributed by atoms with E-state index >= 15 is 0 Å². The summed E-state index contributed by atoms with van der Waals surface area (Å²) < 4.78 is 6.47. The molecule has 1 aliphatic carbocycles. The number of aromatic hydroxyl groups is 1. The van der Waals surface area contributed by atoms with Crippen LogP contribution in [0.15, 0.2) is 27.8 Å². The fourth-order valence-electron chi connectivity index (χ4n) is 4.09. The van der Waals surface area contributed by atoms with E-state index in [4.69, 9.17) is 4.74 Å². The molecule has 0 saturated heterocycles. The number of nitrogens with zero attached hydrogens (tertiary/aromatic N) is 2.